The third-order valence-electron chi connectivity index (χ3n) is 3.16. The first kappa shape index (κ1) is 15.8. The highest BCUT2D eigenvalue weighted by molar-refractivity contribution is 7.99. The van der Waals surface area contributed by atoms with Gasteiger partial charge in [0.05, 0.1) is 11.4 Å². The van der Waals surface area contributed by atoms with Gasteiger partial charge in [0.1, 0.15) is 4.90 Å². The zero-order valence-corrected chi connectivity index (χ0v) is 13.7. The summed E-state index contributed by atoms with van der Waals surface area (Å²) in [5.41, 5.74) is 1.14. The van der Waals surface area contributed by atoms with E-state index in [1.165, 1.54) is 0 Å². The van der Waals surface area contributed by atoms with Gasteiger partial charge in [-0.25, -0.2) is 13.1 Å². The van der Waals surface area contributed by atoms with Crippen LogP contribution in [0.1, 0.15) is 31.7 Å². The van der Waals surface area contributed by atoms with Crippen LogP contribution in [0.2, 0.25) is 0 Å². The fraction of sp³-hybridized carbons (Fsp3) is 0.750. The molecule has 114 valence electrons. The zero-order valence-electron chi connectivity index (χ0n) is 12.1. The highest BCUT2D eigenvalue weighted by Gasteiger charge is 2.28. The number of sulfonamides is 1. The fourth-order valence-corrected chi connectivity index (χ4v) is 5.04. The molecular formula is C12H22N4O2S2. The molecule has 1 atom stereocenters. The Kier molecular flexibility index (Phi) is 5.11. The predicted molar refractivity (Wildman–Crippen MR) is 81.4 cm³/mol. The molecule has 0 aliphatic carbocycles. The van der Waals surface area contributed by atoms with Gasteiger partial charge >= 0.3 is 0 Å². The zero-order chi connectivity index (χ0) is 14.8. The quantitative estimate of drug-likeness (QED) is 0.728. The van der Waals surface area contributed by atoms with Crippen LogP contribution in [0.4, 0.5) is 0 Å². The Balaban J connectivity index is 2.19. The summed E-state index contributed by atoms with van der Waals surface area (Å²) >= 11 is 1.78. The van der Waals surface area contributed by atoms with Crippen LogP contribution < -0.4 is 10.0 Å². The molecule has 6 nitrogen and oxygen atoms in total. The minimum atomic E-state index is -3.51. The number of nitrogens with one attached hydrogen (secondary N) is 3. The topological polar surface area (TPSA) is 86.9 Å². The lowest BCUT2D eigenvalue weighted by atomic mass is 10.3. The summed E-state index contributed by atoms with van der Waals surface area (Å²) in [6.45, 7) is 6.21. The van der Waals surface area contributed by atoms with Gasteiger partial charge in [-0.3, -0.25) is 5.10 Å². The van der Waals surface area contributed by atoms with Crippen LogP contribution in [0, 0.1) is 6.92 Å². The smallest absolute Gasteiger partial charge is 0.244 e. The van der Waals surface area contributed by atoms with Crippen molar-refractivity contribution in [2.24, 2.45) is 0 Å². The number of hydrogen-bond donors (Lipinski definition) is 3. The van der Waals surface area contributed by atoms with E-state index in [2.05, 4.69) is 20.2 Å². The summed E-state index contributed by atoms with van der Waals surface area (Å²) in [6.07, 6.45) is 0.889. The summed E-state index contributed by atoms with van der Waals surface area (Å²) in [5.74, 6) is 1.86. The molecule has 0 amide bonds. The Morgan fingerprint density at radius 2 is 2.25 bits per heavy atom. The molecule has 1 unspecified atom stereocenters. The highest BCUT2D eigenvalue weighted by Crippen LogP contribution is 2.22. The highest BCUT2D eigenvalue weighted by atomic mass is 32.2. The van der Waals surface area contributed by atoms with E-state index in [-0.39, 0.29) is 12.1 Å². The SMILES string of the molecule is Cc1[nH]nc(CNC(C)C)c1S(=O)(=O)NC1CCSC1. The largest absolute Gasteiger partial charge is 0.309 e. The maximum absolute atomic E-state index is 12.5. The average molecular weight is 318 g/mol. The van der Waals surface area contributed by atoms with Crippen molar-refractivity contribution in [1.82, 2.24) is 20.2 Å². The molecule has 2 heterocycles. The Labute approximate surface area is 124 Å². The Bertz CT molecular complexity index is 548. The van der Waals surface area contributed by atoms with E-state index in [0.29, 0.717) is 22.8 Å². The molecule has 0 bridgehead atoms. The third-order valence-corrected chi connectivity index (χ3v) is 6.04. The summed E-state index contributed by atoms with van der Waals surface area (Å²) < 4.78 is 27.8. The van der Waals surface area contributed by atoms with Gasteiger partial charge < -0.3 is 5.32 Å². The lowest BCUT2D eigenvalue weighted by Crippen LogP contribution is -2.35. The average Bonchev–Trinajstić information content (AvgIpc) is 2.95. The number of aryl methyl sites for hydroxylation is 1. The number of hydrogen-bond acceptors (Lipinski definition) is 5. The van der Waals surface area contributed by atoms with Crippen molar-refractivity contribution in [1.29, 1.82) is 0 Å². The van der Waals surface area contributed by atoms with Crippen LogP contribution >= 0.6 is 11.8 Å². The third kappa shape index (κ3) is 3.75. The monoisotopic (exact) mass is 318 g/mol. The summed E-state index contributed by atoms with van der Waals surface area (Å²) in [4.78, 5) is 0.294. The maximum Gasteiger partial charge on any atom is 0.244 e. The van der Waals surface area contributed by atoms with Gasteiger partial charge in [0.25, 0.3) is 0 Å². The molecule has 1 fully saturated rings. The van der Waals surface area contributed by atoms with E-state index >= 15 is 0 Å². The van der Waals surface area contributed by atoms with Crippen LogP contribution in [0.15, 0.2) is 4.90 Å². The van der Waals surface area contributed by atoms with Crippen molar-refractivity contribution in [2.45, 2.75) is 50.7 Å². The molecule has 1 saturated heterocycles. The molecule has 20 heavy (non-hydrogen) atoms. The summed E-state index contributed by atoms with van der Waals surface area (Å²) in [7, 11) is -3.51. The van der Waals surface area contributed by atoms with E-state index in [0.717, 1.165) is 17.9 Å². The number of nitrogens with zero attached hydrogens (tertiary/aromatic N) is 1. The molecule has 1 aromatic rings. The minimum absolute atomic E-state index is 0.0326. The van der Waals surface area contributed by atoms with Crippen molar-refractivity contribution >= 4 is 21.8 Å². The van der Waals surface area contributed by atoms with Gasteiger partial charge in [-0.15, -0.1) is 0 Å². The molecule has 0 aromatic carbocycles. The number of aromatic amines is 1. The van der Waals surface area contributed by atoms with Gasteiger partial charge in [-0.05, 0) is 19.1 Å². The first-order valence-electron chi connectivity index (χ1n) is 6.77. The maximum atomic E-state index is 12.5. The minimum Gasteiger partial charge on any atom is -0.309 e. The number of rotatable bonds is 6. The van der Waals surface area contributed by atoms with Gasteiger partial charge in [-0.2, -0.15) is 16.9 Å². The Morgan fingerprint density at radius 1 is 1.50 bits per heavy atom. The van der Waals surface area contributed by atoms with Crippen LogP contribution in [0.3, 0.4) is 0 Å². The van der Waals surface area contributed by atoms with Crippen molar-refractivity contribution in [3.05, 3.63) is 11.4 Å². The van der Waals surface area contributed by atoms with Crippen LogP contribution in [0.25, 0.3) is 0 Å². The fourth-order valence-electron chi connectivity index (χ4n) is 2.15. The first-order chi connectivity index (χ1) is 9.40. The number of thioether (sulfide) groups is 1. The van der Waals surface area contributed by atoms with E-state index in [9.17, 15) is 8.42 Å². The molecule has 0 saturated carbocycles. The molecular weight excluding hydrogens is 296 g/mol. The van der Waals surface area contributed by atoms with E-state index in [4.69, 9.17) is 0 Å². The number of H-pyrrole nitrogens is 1. The van der Waals surface area contributed by atoms with Gasteiger partial charge in [0.15, 0.2) is 0 Å². The first-order valence-corrected chi connectivity index (χ1v) is 9.41. The van der Waals surface area contributed by atoms with Gasteiger partial charge in [0, 0.05) is 24.4 Å². The molecule has 0 radical (unpaired) electrons. The van der Waals surface area contributed by atoms with Crippen molar-refractivity contribution in [2.75, 3.05) is 11.5 Å². The molecule has 3 N–H and O–H groups in total. The summed E-state index contributed by atoms with van der Waals surface area (Å²) in [6, 6.07) is 0.312. The molecule has 1 aliphatic heterocycles. The lowest BCUT2D eigenvalue weighted by molar-refractivity contribution is 0.553. The number of aromatic nitrogens is 2. The molecule has 1 aromatic heterocycles. The van der Waals surface area contributed by atoms with Crippen molar-refractivity contribution in [3.63, 3.8) is 0 Å². The second kappa shape index (κ2) is 6.46. The van der Waals surface area contributed by atoms with Gasteiger partial charge in [-0.1, -0.05) is 13.8 Å². The lowest BCUT2D eigenvalue weighted by Gasteiger charge is -2.13. The molecule has 1 aliphatic rings. The molecule has 0 spiro atoms. The van der Waals surface area contributed by atoms with Crippen LogP contribution in [-0.2, 0) is 16.6 Å². The standard InChI is InChI=1S/C12H22N4O2S2/c1-8(2)13-6-11-12(9(3)14-15-11)20(17,18)16-10-4-5-19-7-10/h8,10,13,16H,4-7H2,1-3H3,(H,14,15). The second-order valence-corrected chi connectivity index (χ2v) is 8.14. The second-order valence-electron chi connectivity index (χ2n) is 5.34. The molecule has 2 rings (SSSR count). The summed E-state index contributed by atoms with van der Waals surface area (Å²) in [5, 5.41) is 10.1. The van der Waals surface area contributed by atoms with Crippen molar-refractivity contribution < 1.29 is 8.42 Å². The Morgan fingerprint density at radius 3 is 2.85 bits per heavy atom. The Hall–Kier alpha value is -0.570. The van der Waals surface area contributed by atoms with E-state index < -0.39 is 10.0 Å². The van der Waals surface area contributed by atoms with E-state index in [1.54, 1.807) is 18.7 Å². The predicted octanol–water partition coefficient (Wildman–Crippen LogP) is 1.000. The van der Waals surface area contributed by atoms with Crippen molar-refractivity contribution in [3.8, 4) is 0 Å². The van der Waals surface area contributed by atoms with Crippen LogP contribution in [-0.4, -0.2) is 42.2 Å². The van der Waals surface area contributed by atoms with Gasteiger partial charge in [0.2, 0.25) is 10.0 Å². The van der Waals surface area contributed by atoms with E-state index in [1.807, 2.05) is 13.8 Å². The molecule has 8 heteroatoms. The normalized spacial score (nSPS) is 19.9. The van der Waals surface area contributed by atoms with Crippen LogP contribution in [0.5, 0.6) is 0 Å².